The lowest BCUT2D eigenvalue weighted by molar-refractivity contribution is 0.0691. The molecular weight excluding hydrogens is 514 g/mol. The number of hydrogen-bond donors (Lipinski definition) is 3. The molecule has 0 bridgehead atoms. The molecule has 14 heteroatoms. The van der Waals surface area contributed by atoms with Gasteiger partial charge in [-0.15, -0.1) is 0 Å². The SMILES string of the molecule is COc1cc(Nc2ncc(CC=CS(=O)(=O)c3cc(C(=O)O)c(F)cc3F)c(N)n2)cc(OC)c1OC. The van der Waals surface area contributed by atoms with E-state index in [0.717, 1.165) is 6.08 Å². The lowest BCUT2D eigenvalue weighted by Crippen LogP contribution is -2.07. The summed E-state index contributed by atoms with van der Waals surface area (Å²) in [4.78, 5) is 18.4. The van der Waals surface area contributed by atoms with Crippen LogP contribution in [0.3, 0.4) is 0 Å². The molecule has 37 heavy (non-hydrogen) atoms. The zero-order valence-electron chi connectivity index (χ0n) is 19.8. The maximum Gasteiger partial charge on any atom is 0.338 e. The number of methoxy groups -OCH3 is 3. The minimum Gasteiger partial charge on any atom is -0.493 e. The summed E-state index contributed by atoms with van der Waals surface area (Å²) in [6, 6.07) is 3.89. The number of nitrogens with zero attached hydrogens (tertiary/aromatic N) is 2. The number of aromatic carboxylic acids is 1. The van der Waals surface area contributed by atoms with Crippen LogP contribution in [-0.2, 0) is 16.3 Å². The smallest absolute Gasteiger partial charge is 0.338 e. The minimum absolute atomic E-state index is 0.0353. The Labute approximate surface area is 210 Å². The average molecular weight is 537 g/mol. The summed E-state index contributed by atoms with van der Waals surface area (Å²) >= 11 is 0. The Morgan fingerprint density at radius 3 is 2.27 bits per heavy atom. The number of anilines is 3. The number of hydrogen-bond acceptors (Lipinski definition) is 10. The third kappa shape index (κ3) is 6.03. The van der Waals surface area contributed by atoms with Gasteiger partial charge in [0.2, 0.25) is 21.5 Å². The van der Waals surface area contributed by atoms with Crippen molar-refractivity contribution in [1.29, 1.82) is 0 Å². The van der Waals surface area contributed by atoms with E-state index in [2.05, 4.69) is 15.3 Å². The highest BCUT2D eigenvalue weighted by Crippen LogP contribution is 2.40. The lowest BCUT2D eigenvalue weighted by atomic mass is 10.2. The molecule has 11 nitrogen and oxygen atoms in total. The second-order valence-electron chi connectivity index (χ2n) is 7.33. The monoisotopic (exact) mass is 536 g/mol. The van der Waals surface area contributed by atoms with Crippen LogP contribution < -0.4 is 25.3 Å². The van der Waals surface area contributed by atoms with Gasteiger partial charge in [0.05, 0.1) is 26.9 Å². The van der Waals surface area contributed by atoms with Gasteiger partial charge >= 0.3 is 5.97 Å². The van der Waals surface area contributed by atoms with Gasteiger partial charge in [-0.05, 0) is 12.5 Å². The summed E-state index contributed by atoms with van der Waals surface area (Å²) in [7, 11) is -0.0250. The van der Waals surface area contributed by atoms with Crippen LogP contribution in [0.5, 0.6) is 17.2 Å². The van der Waals surface area contributed by atoms with Crippen LogP contribution in [0.15, 0.2) is 46.8 Å². The average Bonchev–Trinajstić information content (AvgIpc) is 2.84. The molecule has 0 radical (unpaired) electrons. The largest absolute Gasteiger partial charge is 0.493 e. The first-order chi connectivity index (χ1) is 17.5. The van der Waals surface area contributed by atoms with Crippen molar-refractivity contribution in [3.8, 4) is 17.2 Å². The van der Waals surface area contributed by atoms with Gasteiger partial charge in [0, 0.05) is 41.1 Å². The molecule has 0 aliphatic rings. The predicted molar refractivity (Wildman–Crippen MR) is 129 cm³/mol. The second kappa shape index (κ2) is 11.1. The van der Waals surface area contributed by atoms with E-state index in [4.69, 9.17) is 25.1 Å². The number of nitrogen functional groups attached to an aromatic ring is 1. The number of allylic oxidation sites excluding steroid dienone is 1. The highest BCUT2D eigenvalue weighted by Gasteiger charge is 2.22. The number of nitrogens with two attached hydrogens (primary N) is 1. The van der Waals surface area contributed by atoms with Gasteiger partial charge in [-0.1, -0.05) is 6.08 Å². The van der Waals surface area contributed by atoms with Gasteiger partial charge in [0.25, 0.3) is 0 Å². The lowest BCUT2D eigenvalue weighted by Gasteiger charge is -2.14. The first kappa shape index (κ1) is 27.1. The number of aromatic nitrogens is 2. The molecule has 3 aromatic rings. The van der Waals surface area contributed by atoms with Crippen molar-refractivity contribution in [1.82, 2.24) is 9.97 Å². The van der Waals surface area contributed by atoms with Crippen molar-refractivity contribution >= 4 is 33.3 Å². The van der Waals surface area contributed by atoms with E-state index in [-0.39, 0.29) is 24.3 Å². The molecule has 1 aromatic heterocycles. The van der Waals surface area contributed by atoms with Gasteiger partial charge in [-0.3, -0.25) is 0 Å². The fraction of sp³-hybridized carbons (Fsp3) is 0.174. The van der Waals surface area contributed by atoms with Crippen molar-refractivity contribution < 1.29 is 41.3 Å². The van der Waals surface area contributed by atoms with E-state index in [0.29, 0.717) is 40.0 Å². The van der Waals surface area contributed by atoms with Crippen LogP contribution in [0.2, 0.25) is 0 Å². The highest BCUT2D eigenvalue weighted by molar-refractivity contribution is 7.94. The molecule has 0 unspecified atom stereocenters. The first-order valence-corrected chi connectivity index (χ1v) is 11.9. The molecule has 1 heterocycles. The Hall–Kier alpha value is -4.46. The molecular formula is C23H22F2N4O7S. The first-order valence-electron chi connectivity index (χ1n) is 10.3. The summed E-state index contributed by atoms with van der Waals surface area (Å²) in [5.74, 6) is -3.19. The normalized spacial score (nSPS) is 11.4. The topological polar surface area (TPSA) is 163 Å². The zero-order chi connectivity index (χ0) is 27.3. The van der Waals surface area contributed by atoms with Gasteiger partial charge in [-0.2, -0.15) is 4.98 Å². The number of sulfone groups is 1. The van der Waals surface area contributed by atoms with E-state index in [9.17, 15) is 22.0 Å². The van der Waals surface area contributed by atoms with E-state index in [1.54, 1.807) is 12.1 Å². The molecule has 0 amide bonds. The highest BCUT2D eigenvalue weighted by atomic mass is 32.2. The molecule has 3 rings (SSSR count). The molecule has 0 saturated carbocycles. The molecule has 196 valence electrons. The van der Waals surface area contributed by atoms with Crippen molar-refractivity contribution in [3.05, 3.63) is 64.7 Å². The molecule has 0 aliphatic carbocycles. The summed E-state index contributed by atoms with van der Waals surface area (Å²) in [5.41, 5.74) is 5.87. The van der Waals surface area contributed by atoms with E-state index < -0.39 is 37.9 Å². The van der Waals surface area contributed by atoms with Crippen LogP contribution in [0.1, 0.15) is 15.9 Å². The predicted octanol–water partition coefficient (Wildman–Crippen LogP) is 3.33. The summed E-state index contributed by atoms with van der Waals surface area (Å²) < 4.78 is 68.5. The number of halogens is 2. The summed E-state index contributed by atoms with van der Waals surface area (Å²) in [5, 5.41) is 12.6. The number of benzene rings is 2. The molecule has 0 spiro atoms. The maximum absolute atomic E-state index is 14.0. The van der Waals surface area contributed by atoms with E-state index >= 15 is 0 Å². The van der Waals surface area contributed by atoms with E-state index in [1.165, 1.54) is 27.5 Å². The third-order valence-corrected chi connectivity index (χ3v) is 6.47. The fourth-order valence-electron chi connectivity index (χ4n) is 3.21. The van der Waals surface area contributed by atoms with Crippen LogP contribution in [0, 0.1) is 11.6 Å². The number of ether oxygens (including phenoxy) is 3. The van der Waals surface area contributed by atoms with Gasteiger partial charge in [0.1, 0.15) is 22.3 Å². The van der Waals surface area contributed by atoms with Crippen LogP contribution in [0.4, 0.5) is 26.2 Å². The Bertz CT molecular complexity index is 1460. The van der Waals surface area contributed by atoms with Crippen molar-refractivity contribution in [2.24, 2.45) is 0 Å². The minimum atomic E-state index is -4.43. The Kier molecular flexibility index (Phi) is 8.12. The van der Waals surface area contributed by atoms with Crippen LogP contribution >= 0.6 is 0 Å². The van der Waals surface area contributed by atoms with Gasteiger partial charge in [-0.25, -0.2) is 27.0 Å². The number of nitrogens with one attached hydrogen (secondary N) is 1. The summed E-state index contributed by atoms with van der Waals surface area (Å²) in [6.07, 6.45) is 2.46. The Balaban J connectivity index is 1.79. The van der Waals surface area contributed by atoms with E-state index in [1.807, 2.05) is 0 Å². The number of carboxylic acid groups (broad SMARTS) is 1. The number of rotatable bonds is 10. The molecule has 0 atom stereocenters. The van der Waals surface area contributed by atoms with Crippen molar-refractivity contribution in [3.63, 3.8) is 0 Å². The van der Waals surface area contributed by atoms with Crippen LogP contribution in [0.25, 0.3) is 0 Å². The Morgan fingerprint density at radius 2 is 1.73 bits per heavy atom. The zero-order valence-corrected chi connectivity index (χ0v) is 20.6. The second-order valence-corrected chi connectivity index (χ2v) is 9.13. The standard InChI is InChI=1S/C23H22F2N4O7S/c1-34-17-7-13(8-18(35-2)20(17)36-3)28-23-27-11-12(21(26)29-23)5-4-6-37(32,33)19-9-14(22(30)31)15(24)10-16(19)25/h4,6-11H,5H2,1-3H3,(H,30,31)(H3,26,27,28,29). The van der Waals surface area contributed by atoms with Gasteiger partial charge < -0.3 is 30.4 Å². The number of carbonyl (C=O) groups is 1. The molecule has 0 saturated heterocycles. The fourth-order valence-corrected chi connectivity index (χ4v) is 4.31. The molecule has 2 aromatic carbocycles. The number of carboxylic acids is 1. The van der Waals surface area contributed by atoms with Crippen molar-refractivity contribution in [2.75, 3.05) is 32.4 Å². The quantitative estimate of drug-likeness (QED) is 0.326. The molecule has 4 N–H and O–H groups in total. The Morgan fingerprint density at radius 1 is 1.08 bits per heavy atom. The van der Waals surface area contributed by atoms with Crippen molar-refractivity contribution in [2.45, 2.75) is 11.3 Å². The third-order valence-electron chi connectivity index (χ3n) is 4.99. The summed E-state index contributed by atoms with van der Waals surface area (Å²) in [6.45, 7) is 0. The molecule has 0 aliphatic heterocycles. The van der Waals surface area contributed by atoms with Crippen LogP contribution in [-0.4, -0.2) is 50.8 Å². The molecule has 0 fully saturated rings. The van der Waals surface area contributed by atoms with Gasteiger partial charge in [0.15, 0.2) is 11.5 Å². The maximum atomic E-state index is 14.0.